The zero-order valence-electron chi connectivity index (χ0n) is 10.2. The summed E-state index contributed by atoms with van der Waals surface area (Å²) in [4.78, 5) is 15.9. The number of nitrogens with one attached hydrogen (secondary N) is 1. The average molecular weight is 231 g/mol. The van der Waals surface area contributed by atoms with E-state index >= 15 is 0 Å². The highest BCUT2D eigenvalue weighted by molar-refractivity contribution is 5.76. The van der Waals surface area contributed by atoms with Crippen molar-refractivity contribution in [3.05, 3.63) is 36.3 Å². The molecule has 0 bridgehead atoms. The summed E-state index contributed by atoms with van der Waals surface area (Å²) in [6.07, 6.45) is 4.44. The highest BCUT2D eigenvalue weighted by Crippen LogP contribution is 2.04. The molecule has 2 aromatic heterocycles. The second-order valence-corrected chi connectivity index (χ2v) is 4.57. The lowest BCUT2D eigenvalue weighted by Gasteiger charge is -2.04. The molecule has 1 N–H and O–H groups in total. The summed E-state index contributed by atoms with van der Waals surface area (Å²) in [6, 6.07) is 5.85. The fraction of sp³-hybridized carbons (Fsp3) is 0.385. The predicted molar refractivity (Wildman–Crippen MR) is 66.5 cm³/mol. The van der Waals surface area contributed by atoms with E-state index in [1.807, 2.05) is 48.8 Å². The van der Waals surface area contributed by atoms with Crippen molar-refractivity contribution in [2.75, 3.05) is 0 Å². The van der Waals surface area contributed by atoms with Gasteiger partial charge in [-0.25, -0.2) is 4.98 Å². The van der Waals surface area contributed by atoms with Gasteiger partial charge in [-0.05, 0) is 18.1 Å². The van der Waals surface area contributed by atoms with E-state index in [0.717, 1.165) is 11.3 Å². The van der Waals surface area contributed by atoms with Gasteiger partial charge < -0.3 is 9.72 Å². The summed E-state index contributed by atoms with van der Waals surface area (Å²) < 4.78 is 1.95. The van der Waals surface area contributed by atoms with Gasteiger partial charge in [0.25, 0.3) is 0 Å². The Labute approximate surface area is 101 Å². The number of carbonyl (C=O) groups is 1. The highest BCUT2D eigenvalue weighted by Gasteiger charge is 2.06. The Hall–Kier alpha value is -1.84. The Morgan fingerprint density at radius 1 is 1.47 bits per heavy atom. The lowest BCUT2D eigenvalue weighted by molar-refractivity contribution is -0.121. The lowest BCUT2D eigenvalue weighted by Crippen LogP contribution is -2.24. The van der Waals surface area contributed by atoms with Crippen LogP contribution in [0.4, 0.5) is 0 Å². The SMILES string of the molecule is CC(C)CC(=O)NCc1cn2ccccc2n1. The van der Waals surface area contributed by atoms with Crippen molar-refractivity contribution in [1.29, 1.82) is 0 Å². The third kappa shape index (κ3) is 3.06. The Kier molecular flexibility index (Phi) is 3.42. The first-order valence-electron chi connectivity index (χ1n) is 5.84. The van der Waals surface area contributed by atoms with Crippen molar-refractivity contribution in [3.8, 4) is 0 Å². The number of rotatable bonds is 4. The van der Waals surface area contributed by atoms with Gasteiger partial charge in [0, 0.05) is 18.8 Å². The van der Waals surface area contributed by atoms with Crippen molar-refractivity contribution in [2.24, 2.45) is 5.92 Å². The minimum absolute atomic E-state index is 0.0806. The molecule has 0 fully saturated rings. The second kappa shape index (κ2) is 4.99. The van der Waals surface area contributed by atoms with Crippen molar-refractivity contribution >= 4 is 11.6 Å². The molecule has 17 heavy (non-hydrogen) atoms. The standard InChI is InChI=1S/C13H17N3O/c1-10(2)7-13(17)14-8-11-9-16-6-4-3-5-12(16)15-11/h3-6,9-10H,7-8H2,1-2H3,(H,14,17). The molecule has 0 aliphatic rings. The van der Waals surface area contributed by atoms with Gasteiger partial charge in [-0.1, -0.05) is 19.9 Å². The number of hydrogen-bond acceptors (Lipinski definition) is 2. The number of aromatic nitrogens is 2. The van der Waals surface area contributed by atoms with Crippen LogP contribution < -0.4 is 5.32 Å². The topological polar surface area (TPSA) is 46.4 Å². The summed E-state index contributed by atoms with van der Waals surface area (Å²) in [5, 5.41) is 2.88. The number of amides is 1. The van der Waals surface area contributed by atoms with E-state index in [1.165, 1.54) is 0 Å². The maximum absolute atomic E-state index is 11.5. The lowest BCUT2D eigenvalue weighted by atomic mass is 10.1. The van der Waals surface area contributed by atoms with Crippen LogP contribution >= 0.6 is 0 Å². The zero-order chi connectivity index (χ0) is 12.3. The first-order valence-corrected chi connectivity index (χ1v) is 5.84. The minimum atomic E-state index is 0.0806. The molecule has 2 heterocycles. The van der Waals surface area contributed by atoms with Crippen LogP contribution in [-0.2, 0) is 11.3 Å². The van der Waals surface area contributed by atoms with Crippen molar-refractivity contribution in [1.82, 2.24) is 14.7 Å². The van der Waals surface area contributed by atoms with E-state index in [1.54, 1.807) is 0 Å². The smallest absolute Gasteiger partial charge is 0.220 e. The molecular weight excluding hydrogens is 214 g/mol. The Balaban J connectivity index is 1.97. The molecule has 0 aliphatic heterocycles. The Morgan fingerprint density at radius 3 is 3.00 bits per heavy atom. The van der Waals surface area contributed by atoms with Crippen LogP contribution in [0.2, 0.25) is 0 Å². The van der Waals surface area contributed by atoms with Crippen LogP contribution in [0, 0.1) is 5.92 Å². The number of imidazole rings is 1. The van der Waals surface area contributed by atoms with Crippen LogP contribution in [-0.4, -0.2) is 15.3 Å². The third-order valence-corrected chi connectivity index (χ3v) is 2.47. The first-order chi connectivity index (χ1) is 8.15. The fourth-order valence-corrected chi connectivity index (χ4v) is 1.70. The maximum atomic E-state index is 11.5. The molecule has 0 atom stereocenters. The van der Waals surface area contributed by atoms with Gasteiger partial charge in [-0.2, -0.15) is 0 Å². The molecule has 2 aromatic rings. The molecule has 1 amide bonds. The zero-order valence-corrected chi connectivity index (χ0v) is 10.2. The van der Waals surface area contributed by atoms with E-state index in [2.05, 4.69) is 10.3 Å². The molecule has 0 unspecified atom stereocenters. The molecule has 0 aliphatic carbocycles. The van der Waals surface area contributed by atoms with Crippen LogP contribution in [0.3, 0.4) is 0 Å². The molecule has 0 spiro atoms. The molecule has 0 saturated heterocycles. The van der Waals surface area contributed by atoms with Gasteiger partial charge in [-0.15, -0.1) is 0 Å². The van der Waals surface area contributed by atoms with E-state index < -0.39 is 0 Å². The van der Waals surface area contributed by atoms with E-state index in [9.17, 15) is 4.79 Å². The summed E-state index contributed by atoms with van der Waals surface area (Å²) in [5.41, 5.74) is 1.79. The molecule has 2 rings (SSSR count). The van der Waals surface area contributed by atoms with Crippen molar-refractivity contribution in [2.45, 2.75) is 26.8 Å². The first kappa shape index (κ1) is 11.6. The van der Waals surface area contributed by atoms with Gasteiger partial charge in [0.1, 0.15) is 5.65 Å². The highest BCUT2D eigenvalue weighted by atomic mass is 16.1. The fourth-order valence-electron chi connectivity index (χ4n) is 1.70. The van der Waals surface area contributed by atoms with Gasteiger partial charge in [-0.3, -0.25) is 4.79 Å². The van der Waals surface area contributed by atoms with Crippen LogP contribution in [0.15, 0.2) is 30.6 Å². The predicted octanol–water partition coefficient (Wildman–Crippen LogP) is 2.00. The van der Waals surface area contributed by atoms with Gasteiger partial charge in [0.15, 0.2) is 0 Å². The van der Waals surface area contributed by atoms with Crippen molar-refractivity contribution < 1.29 is 4.79 Å². The number of fused-ring (bicyclic) bond motifs is 1. The van der Waals surface area contributed by atoms with E-state index in [0.29, 0.717) is 18.9 Å². The average Bonchev–Trinajstić information content (AvgIpc) is 2.68. The summed E-state index contributed by atoms with van der Waals surface area (Å²) in [5.74, 6) is 0.466. The molecule has 4 nitrogen and oxygen atoms in total. The summed E-state index contributed by atoms with van der Waals surface area (Å²) in [7, 11) is 0. The summed E-state index contributed by atoms with van der Waals surface area (Å²) >= 11 is 0. The third-order valence-electron chi connectivity index (χ3n) is 2.47. The number of nitrogens with zero attached hydrogens (tertiary/aromatic N) is 2. The van der Waals surface area contributed by atoms with Crippen LogP contribution in [0.5, 0.6) is 0 Å². The van der Waals surface area contributed by atoms with Gasteiger partial charge >= 0.3 is 0 Å². The summed E-state index contributed by atoms with van der Waals surface area (Å²) in [6.45, 7) is 4.56. The van der Waals surface area contributed by atoms with E-state index in [4.69, 9.17) is 0 Å². The number of carbonyl (C=O) groups excluding carboxylic acids is 1. The normalized spacial score (nSPS) is 11.0. The molecule has 4 heteroatoms. The largest absolute Gasteiger partial charge is 0.350 e. The Bertz CT molecular complexity index is 483. The number of pyridine rings is 1. The molecule has 0 radical (unpaired) electrons. The number of hydrogen-bond donors (Lipinski definition) is 1. The quantitative estimate of drug-likeness (QED) is 0.874. The van der Waals surface area contributed by atoms with Crippen molar-refractivity contribution in [3.63, 3.8) is 0 Å². The molecule has 0 saturated carbocycles. The second-order valence-electron chi connectivity index (χ2n) is 4.57. The van der Waals surface area contributed by atoms with Gasteiger partial charge in [0.2, 0.25) is 5.91 Å². The maximum Gasteiger partial charge on any atom is 0.220 e. The Morgan fingerprint density at radius 2 is 2.29 bits per heavy atom. The van der Waals surface area contributed by atoms with E-state index in [-0.39, 0.29) is 5.91 Å². The monoisotopic (exact) mass is 231 g/mol. The molecule has 90 valence electrons. The molecular formula is C13H17N3O. The van der Waals surface area contributed by atoms with Gasteiger partial charge in [0.05, 0.1) is 12.2 Å². The minimum Gasteiger partial charge on any atom is -0.350 e. The molecule has 0 aromatic carbocycles. The van der Waals surface area contributed by atoms with Crippen LogP contribution in [0.1, 0.15) is 26.0 Å². The van der Waals surface area contributed by atoms with Crippen LogP contribution in [0.25, 0.3) is 5.65 Å².